The summed E-state index contributed by atoms with van der Waals surface area (Å²) in [6, 6.07) is 17.1. The molecule has 0 spiro atoms. The summed E-state index contributed by atoms with van der Waals surface area (Å²) in [4.78, 5) is 16.4. The van der Waals surface area contributed by atoms with E-state index < -0.39 is 0 Å². The number of hydrogen-bond donors (Lipinski definition) is 1. The van der Waals surface area contributed by atoms with Crippen LogP contribution in [0.3, 0.4) is 0 Å². The van der Waals surface area contributed by atoms with E-state index in [1.165, 1.54) is 6.08 Å². The van der Waals surface area contributed by atoms with E-state index in [0.29, 0.717) is 11.7 Å². The van der Waals surface area contributed by atoms with Crippen LogP contribution in [0.25, 0.3) is 17.5 Å². The third kappa shape index (κ3) is 4.41. The molecule has 1 N–H and O–H groups in total. The minimum absolute atomic E-state index is 0.216. The molecular weight excluding hydrogens is 314 g/mol. The molecule has 1 atom stereocenters. The summed E-state index contributed by atoms with van der Waals surface area (Å²) in [5.41, 5.74) is 2.97. The minimum atomic E-state index is -0.376. The number of hydrogen-bond acceptors (Lipinski definition) is 4. The van der Waals surface area contributed by atoms with Gasteiger partial charge in [-0.2, -0.15) is 4.98 Å². The maximum Gasteiger partial charge on any atom is 0.249 e. The Morgan fingerprint density at radius 2 is 1.96 bits per heavy atom. The van der Waals surface area contributed by atoms with Crippen LogP contribution in [-0.2, 0) is 4.79 Å². The van der Waals surface area contributed by atoms with Gasteiger partial charge in [0.05, 0.1) is 0 Å². The van der Waals surface area contributed by atoms with Crippen molar-refractivity contribution < 1.29 is 9.32 Å². The summed E-state index contributed by atoms with van der Waals surface area (Å²) in [7, 11) is 0. The van der Waals surface area contributed by atoms with E-state index in [-0.39, 0.29) is 11.9 Å². The van der Waals surface area contributed by atoms with Gasteiger partial charge in [-0.15, -0.1) is 0 Å². The van der Waals surface area contributed by atoms with Crippen LogP contribution in [0, 0.1) is 6.92 Å². The molecule has 0 bridgehead atoms. The standard InChI is InChI=1S/C20H19N3O2/c1-14-7-6-10-17(13-14)19-22-20(25-23-19)15(2)21-18(24)12-11-16-8-4-3-5-9-16/h3-13,15H,1-2H3,(H,21,24)/b12-11+/t15-/m0/s1. The third-order valence-electron chi connectivity index (χ3n) is 3.67. The Hall–Kier alpha value is -3.21. The molecule has 0 unspecified atom stereocenters. The lowest BCUT2D eigenvalue weighted by atomic mass is 10.1. The number of amides is 1. The zero-order chi connectivity index (χ0) is 17.6. The normalized spacial score (nSPS) is 12.2. The number of rotatable bonds is 5. The van der Waals surface area contributed by atoms with E-state index in [2.05, 4.69) is 15.5 Å². The van der Waals surface area contributed by atoms with Gasteiger partial charge in [0.1, 0.15) is 6.04 Å². The van der Waals surface area contributed by atoms with E-state index in [0.717, 1.165) is 16.7 Å². The van der Waals surface area contributed by atoms with Crippen LogP contribution in [-0.4, -0.2) is 16.0 Å². The Morgan fingerprint density at radius 1 is 1.16 bits per heavy atom. The van der Waals surface area contributed by atoms with Gasteiger partial charge in [0, 0.05) is 11.6 Å². The molecular formula is C20H19N3O2. The Morgan fingerprint density at radius 3 is 2.72 bits per heavy atom. The van der Waals surface area contributed by atoms with E-state index in [1.54, 1.807) is 6.08 Å². The summed E-state index contributed by atoms with van der Waals surface area (Å²) < 4.78 is 5.28. The SMILES string of the molecule is Cc1cccc(-c2noc([C@H](C)NC(=O)/C=C/c3ccccc3)n2)c1. The van der Waals surface area contributed by atoms with Gasteiger partial charge in [0.25, 0.3) is 0 Å². The summed E-state index contributed by atoms with van der Waals surface area (Å²) in [5.74, 6) is 0.671. The van der Waals surface area contributed by atoms with Crippen LogP contribution in [0.15, 0.2) is 65.2 Å². The van der Waals surface area contributed by atoms with Gasteiger partial charge in [-0.3, -0.25) is 4.79 Å². The number of benzene rings is 2. The van der Waals surface area contributed by atoms with E-state index in [1.807, 2.05) is 68.4 Å². The van der Waals surface area contributed by atoms with E-state index in [4.69, 9.17) is 4.52 Å². The van der Waals surface area contributed by atoms with Gasteiger partial charge in [-0.05, 0) is 31.6 Å². The topological polar surface area (TPSA) is 68.0 Å². The fraction of sp³-hybridized carbons (Fsp3) is 0.150. The van der Waals surface area contributed by atoms with Crippen molar-refractivity contribution in [3.8, 4) is 11.4 Å². The van der Waals surface area contributed by atoms with Crippen molar-refractivity contribution >= 4 is 12.0 Å². The van der Waals surface area contributed by atoms with Crippen molar-refractivity contribution in [2.24, 2.45) is 0 Å². The Labute approximate surface area is 146 Å². The number of carbonyl (C=O) groups is 1. The average molecular weight is 333 g/mol. The maximum atomic E-state index is 12.0. The van der Waals surface area contributed by atoms with Crippen molar-refractivity contribution in [1.82, 2.24) is 15.5 Å². The van der Waals surface area contributed by atoms with Crippen LogP contribution in [0.1, 0.15) is 30.0 Å². The lowest BCUT2D eigenvalue weighted by molar-refractivity contribution is -0.117. The molecule has 3 rings (SSSR count). The Bertz CT molecular complexity index is 885. The number of aromatic nitrogens is 2. The summed E-state index contributed by atoms with van der Waals surface area (Å²) in [6.07, 6.45) is 3.25. The predicted octanol–water partition coefficient (Wildman–Crippen LogP) is 3.94. The largest absolute Gasteiger partial charge is 0.341 e. The number of aryl methyl sites for hydroxylation is 1. The predicted molar refractivity (Wildman–Crippen MR) is 96.5 cm³/mol. The van der Waals surface area contributed by atoms with Gasteiger partial charge in [0.15, 0.2) is 0 Å². The molecule has 3 aromatic rings. The van der Waals surface area contributed by atoms with Crippen molar-refractivity contribution in [3.63, 3.8) is 0 Å². The Kier molecular flexibility index (Phi) is 5.04. The molecule has 0 saturated heterocycles. The first-order valence-corrected chi connectivity index (χ1v) is 8.06. The molecule has 2 aromatic carbocycles. The smallest absolute Gasteiger partial charge is 0.249 e. The van der Waals surface area contributed by atoms with E-state index >= 15 is 0 Å². The number of nitrogens with one attached hydrogen (secondary N) is 1. The zero-order valence-corrected chi connectivity index (χ0v) is 14.1. The molecule has 25 heavy (non-hydrogen) atoms. The molecule has 1 aromatic heterocycles. The summed E-state index contributed by atoms with van der Waals surface area (Å²) in [5, 5.41) is 6.81. The van der Waals surface area contributed by atoms with Crippen LogP contribution >= 0.6 is 0 Å². The molecule has 5 heteroatoms. The second-order valence-electron chi connectivity index (χ2n) is 5.80. The lowest BCUT2D eigenvalue weighted by Crippen LogP contribution is -2.24. The average Bonchev–Trinajstić information content (AvgIpc) is 3.11. The Balaban J connectivity index is 1.64. The molecule has 0 saturated carbocycles. The van der Waals surface area contributed by atoms with Gasteiger partial charge in [0.2, 0.25) is 17.6 Å². The summed E-state index contributed by atoms with van der Waals surface area (Å²) in [6.45, 7) is 3.81. The van der Waals surface area contributed by atoms with E-state index in [9.17, 15) is 4.79 Å². The van der Waals surface area contributed by atoms with Crippen molar-refractivity contribution in [3.05, 3.63) is 77.7 Å². The zero-order valence-electron chi connectivity index (χ0n) is 14.1. The highest BCUT2D eigenvalue weighted by atomic mass is 16.5. The maximum absolute atomic E-state index is 12.0. The minimum Gasteiger partial charge on any atom is -0.341 e. The second kappa shape index (κ2) is 7.57. The van der Waals surface area contributed by atoms with Crippen LogP contribution in [0.5, 0.6) is 0 Å². The quantitative estimate of drug-likeness (QED) is 0.718. The summed E-state index contributed by atoms with van der Waals surface area (Å²) >= 11 is 0. The molecule has 0 aliphatic rings. The fourth-order valence-corrected chi connectivity index (χ4v) is 2.37. The third-order valence-corrected chi connectivity index (χ3v) is 3.67. The molecule has 0 radical (unpaired) electrons. The monoisotopic (exact) mass is 333 g/mol. The van der Waals surface area contributed by atoms with Gasteiger partial charge < -0.3 is 9.84 Å². The second-order valence-corrected chi connectivity index (χ2v) is 5.80. The molecule has 126 valence electrons. The van der Waals surface area contributed by atoms with Crippen molar-refractivity contribution in [2.45, 2.75) is 19.9 Å². The molecule has 0 fully saturated rings. The fourth-order valence-electron chi connectivity index (χ4n) is 2.37. The first-order valence-electron chi connectivity index (χ1n) is 8.06. The molecule has 5 nitrogen and oxygen atoms in total. The lowest BCUT2D eigenvalue weighted by Gasteiger charge is -2.06. The van der Waals surface area contributed by atoms with Gasteiger partial charge in [-0.1, -0.05) is 59.3 Å². The first kappa shape index (κ1) is 16.6. The van der Waals surface area contributed by atoms with Crippen LogP contribution < -0.4 is 5.32 Å². The molecule has 1 amide bonds. The number of nitrogens with zero attached hydrogens (tertiary/aromatic N) is 2. The molecule has 0 aliphatic heterocycles. The van der Waals surface area contributed by atoms with Gasteiger partial charge in [-0.25, -0.2) is 0 Å². The van der Waals surface area contributed by atoms with Crippen LogP contribution in [0.2, 0.25) is 0 Å². The van der Waals surface area contributed by atoms with Crippen molar-refractivity contribution in [2.75, 3.05) is 0 Å². The van der Waals surface area contributed by atoms with Gasteiger partial charge >= 0.3 is 0 Å². The highest BCUT2D eigenvalue weighted by Gasteiger charge is 2.16. The highest BCUT2D eigenvalue weighted by Crippen LogP contribution is 2.19. The van der Waals surface area contributed by atoms with Crippen molar-refractivity contribution in [1.29, 1.82) is 0 Å². The number of carbonyl (C=O) groups excluding carboxylic acids is 1. The van der Waals surface area contributed by atoms with Crippen LogP contribution in [0.4, 0.5) is 0 Å². The first-order chi connectivity index (χ1) is 12.1. The molecule has 0 aliphatic carbocycles. The molecule has 1 heterocycles. The highest BCUT2D eigenvalue weighted by molar-refractivity contribution is 5.91.